The third-order valence-electron chi connectivity index (χ3n) is 4.96. The van der Waals surface area contributed by atoms with Crippen LogP contribution in [-0.4, -0.2) is 68.6 Å². The van der Waals surface area contributed by atoms with E-state index >= 15 is 0 Å². The van der Waals surface area contributed by atoms with E-state index in [1.807, 2.05) is 18.2 Å². The van der Waals surface area contributed by atoms with Gasteiger partial charge in [-0.15, -0.1) is 6.58 Å². The van der Waals surface area contributed by atoms with E-state index in [1.165, 1.54) is 5.56 Å². The van der Waals surface area contributed by atoms with Crippen LogP contribution in [0.2, 0.25) is 5.02 Å². The quantitative estimate of drug-likeness (QED) is 0.406. The van der Waals surface area contributed by atoms with Crippen molar-refractivity contribution in [3.8, 4) is 0 Å². The summed E-state index contributed by atoms with van der Waals surface area (Å²) >= 11 is 6.03. The van der Waals surface area contributed by atoms with Crippen LogP contribution in [0, 0.1) is 0 Å². The van der Waals surface area contributed by atoms with Gasteiger partial charge in [-0.1, -0.05) is 29.8 Å². The van der Waals surface area contributed by atoms with Gasteiger partial charge in [-0.25, -0.2) is 0 Å². The molecule has 1 atom stereocenters. The van der Waals surface area contributed by atoms with Gasteiger partial charge in [0.15, 0.2) is 5.96 Å². The smallest absolute Gasteiger partial charge is 0.191 e. The van der Waals surface area contributed by atoms with E-state index in [1.54, 1.807) is 0 Å². The zero-order chi connectivity index (χ0) is 19.6. The summed E-state index contributed by atoms with van der Waals surface area (Å²) in [4.78, 5) is 9.51. The lowest BCUT2D eigenvalue weighted by Crippen LogP contribution is -2.48. The summed E-state index contributed by atoms with van der Waals surface area (Å²) in [6.45, 7) is 10.7. The Morgan fingerprint density at radius 3 is 2.56 bits per heavy atom. The second kappa shape index (κ2) is 11.3. The standard InChI is InChI=1S/C21H34ClN5/c1-5-13-27-14-11-19(12-15-27)25-21(23-6-2)24-16-20(26(3)4)17-7-9-18(22)10-8-17/h5,7-10,19-20H,1,6,11-16H2,2-4H3,(H2,23,24,25). The van der Waals surface area contributed by atoms with Crippen LogP contribution in [-0.2, 0) is 0 Å². The number of rotatable bonds is 8. The molecule has 1 aliphatic rings. The minimum atomic E-state index is 0.215. The molecule has 1 aromatic rings. The minimum absolute atomic E-state index is 0.215. The molecule has 0 aromatic heterocycles. The lowest BCUT2D eigenvalue weighted by molar-refractivity contribution is 0.225. The first kappa shape index (κ1) is 21.7. The average Bonchev–Trinajstić information content (AvgIpc) is 2.65. The maximum atomic E-state index is 6.03. The summed E-state index contributed by atoms with van der Waals surface area (Å²) in [6, 6.07) is 8.73. The van der Waals surface area contributed by atoms with Gasteiger partial charge >= 0.3 is 0 Å². The van der Waals surface area contributed by atoms with E-state index in [-0.39, 0.29) is 6.04 Å². The van der Waals surface area contributed by atoms with Crippen LogP contribution in [0.3, 0.4) is 0 Å². The molecule has 0 radical (unpaired) electrons. The Labute approximate surface area is 169 Å². The van der Waals surface area contributed by atoms with E-state index in [0.29, 0.717) is 12.6 Å². The fourth-order valence-corrected chi connectivity index (χ4v) is 3.51. The zero-order valence-corrected chi connectivity index (χ0v) is 17.7. The number of likely N-dealkylation sites (N-methyl/N-ethyl adjacent to an activating group) is 1. The van der Waals surface area contributed by atoms with Crippen molar-refractivity contribution in [3.63, 3.8) is 0 Å². The number of nitrogens with zero attached hydrogens (tertiary/aromatic N) is 3. The number of piperidine rings is 1. The molecule has 0 amide bonds. The van der Waals surface area contributed by atoms with Gasteiger partial charge in [-0.2, -0.15) is 0 Å². The highest BCUT2D eigenvalue weighted by Crippen LogP contribution is 2.21. The predicted octanol–water partition coefficient (Wildman–Crippen LogP) is 3.15. The molecule has 0 bridgehead atoms. The molecule has 150 valence electrons. The van der Waals surface area contributed by atoms with Gasteiger partial charge < -0.3 is 15.5 Å². The maximum absolute atomic E-state index is 6.03. The SMILES string of the molecule is C=CCN1CCC(NC(=NCC(c2ccc(Cl)cc2)N(C)C)NCC)CC1. The van der Waals surface area contributed by atoms with Crippen LogP contribution in [0.15, 0.2) is 41.9 Å². The molecular weight excluding hydrogens is 358 g/mol. The first-order valence-corrected chi connectivity index (χ1v) is 10.2. The van der Waals surface area contributed by atoms with E-state index in [0.717, 1.165) is 50.0 Å². The van der Waals surface area contributed by atoms with Crippen molar-refractivity contribution in [3.05, 3.63) is 47.5 Å². The highest BCUT2D eigenvalue weighted by molar-refractivity contribution is 6.30. The van der Waals surface area contributed by atoms with Crippen molar-refractivity contribution in [1.29, 1.82) is 0 Å². The molecule has 6 heteroatoms. The van der Waals surface area contributed by atoms with Gasteiger partial charge in [0.25, 0.3) is 0 Å². The normalized spacial score (nSPS) is 17.7. The summed E-state index contributed by atoms with van der Waals surface area (Å²) in [5.41, 5.74) is 1.22. The molecule has 0 spiro atoms. The van der Waals surface area contributed by atoms with Gasteiger partial charge in [-0.05, 0) is 51.6 Å². The van der Waals surface area contributed by atoms with Crippen LogP contribution >= 0.6 is 11.6 Å². The average molecular weight is 392 g/mol. The molecule has 5 nitrogen and oxygen atoms in total. The maximum Gasteiger partial charge on any atom is 0.191 e. The topological polar surface area (TPSA) is 42.9 Å². The number of halogens is 1. The van der Waals surface area contributed by atoms with Crippen LogP contribution in [0.5, 0.6) is 0 Å². The van der Waals surface area contributed by atoms with Gasteiger partial charge in [-0.3, -0.25) is 9.89 Å². The van der Waals surface area contributed by atoms with Crippen molar-refractivity contribution < 1.29 is 0 Å². The molecule has 2 rings (SSSR count). The fourth-order valence-electron chi connectivity index (χ4n) is 3.39. The molecule has 1 unspecified atom stereocenters. The zero-order valence-electron chi connectivity index (χ0n) is 16.9. The summed E-state index contributed by atoms with van der Waals surface area (Å²) < 4.78 is 0. The Morgan fingerprint density at radius 2 is 2.00 bits per heavy atom. The molecule has 0 saturated carbocycles. The number of aliphatic imine (C=N–C) groups is 1. The second-order valence-corrected chi connectivity index (χ2v) is 7.69. The third-order valence-corrected chi connectivity index (χ3v) is 5.21. The van der Waals surface area contributed by atoms with Crippen LogP contribution in [0.4, 0.5) is 0 Å². The Kier molecular flexibility index (Phi) is 9.11. The van der Waals surface area contributed by atoms with Crippen molar-refractivity contribution >= 4 is 17.6 Å². The first-order chi connectivity index (χ1) is 13.0. The summed E-state index contributed by atoms with van der Waals surface area (Å²) in [6.07, 6.45) is 4.25. The van der Waals surface area contributed by atoms with E-state index < -0.39 is 0 Å². The predicted molar refractivity (Wildman–Crippen MR) is 117 cm³/mol. The van der Waals surface area contributed by atoms with E-state index in [4.69, 9.17) is 16.6 Å². The largest absolute Gasteiger partial charge is 0.357 e. The number of nitrogens with one attached hydrogen (secondary N) is 2. The summed E-state index contributed by atoms with van der Waals surface area (Å²) in [7, 11) is 4.18. The van der Waals surface area contributed by atoms with Crippen molar-refractivity contribution in [2.45, 2.75) is 31.8 Å². The highest BCUT2D eigenvalue weighted by Gasteiger charge is 2.20. The summed E-state index contributed by atoms with van der Waals surface area (Å²) in [5.74, 6) is 0.903. The molecular formula is C21H34ClN5. The van der Waals surface area contributed by atoms with Gasteiger partial charge in [0, 0.05) is 37.2 Å². The molecule has 2 N–H and O–H groups in total. The highest BCUT2D eigenvalue weighted by atomic mass is 35.5. The monoisotopic (exact) mass is 391 g/mol. The van der Waals surface area contributed by atoms with Crippen molar-refractivity contribution in [2.75, 3.05) is 46.8 Å². The van der Waals surface area contributed by atoms with Gasteiger partial charge in [0.2, 0.25) is 0 Å². The Balaban J connectivity index is 1.98. The number of hydrogen-bond acceptors (Lipinski definition) is 3. The molecule has 1 fully saturated rings. The molecule has 27 heavy (non-hydrogen) atoms. The Bertz CT molecular complexity index is 591. The Hall–Kier alpha value is -1.56. The van der Waals surface area contributed by atoms with Crippen LogP contribution in [0.25, 0.3) is 0 Å². The molecule has 1 saturated heterocycles. The van der Waals surface area contributed by atoms with Gasteiger partial charge in [0.1, 0.15) is 0 Å². The fraction of sp³-hybridized carbons (Fsp3) is 0.571. The molecule has 1 heterocycles. The number of guanidine groups is 1. The van der Waals surface area contributed by atoms with Crippen molar-refractivity contribution in [2.24, 2.45) is 4.99 Å². The minimum Gasteiger partial charge on any atom is -0.357 e. The number of benzene rings is 1. The van der Waals surface area contributed by atoms with Crippen LogP contribution in [0.1, 0.15) is 31.4 Å². The molecule has 0 aliphatic carbocycles. The van der Waals surface area contributed by atoms with E-state index in [9.17, 15) is 0 Å². The first-order valence-electron chi connectivity index (χ1n) is 9.83. The van der Waals surface area contributed by atoms with Gasteiger partial charge in [0.05, 0.1) is 12.6 Å². The lowest BCUT2D eigenvalue weighted by Gasteiger charge is -2.32. The Morgan fingerprint density at radius 1 is 1.33 bits per heavy atom. The van der Waals surface area contributed by atoms with Crippen molar-refractivity contribution in [1.82, 2.24) is 20.4 Å². The van der Waals surface area contributed by atoms with E-state index in [2.05, 4.69) is 60.2 Å². The third kappa shape index (κ3) is 7.17. The second-order valence-electron chi connectivity index (χ2n) is 7.26. The molecule has 1 aromatic carbocycles. The number of likely N-dealkylation sites (tertiary alicyclic amines) is 1. The summed E-state index contributed by atoms with van der Waals surface area (Å²) in [5, 5.41) is 7.77. The lowest BCUT2D eigenvalue weighted by atomic mass is 10.1. The number of hydrogen-bond donors (Lipinski definition) is 2. The van der Waals surface area contributed by atoms with Crippen LogP contribution < -0.4 is 10.6 Å². The molecule has 1 aliphatic heterocycles.